The second-order valence-electron chi connectivity index (χ2n) is 4.96. The number of rotatable bonds is 1. The Kier molecular flexibility index (Phi) is 2.52. The third-order valence-electron chi connectivity index (χ3n) is 3.90. The molecular formula is C11H20N2O. The van der Waals surface area contributed by atoms with Crippen LogP contribution >= 0.6 is 0 Å². The largest absolute Gasteiger partial charge is 0.351 e. The van der Waals surface area contributed by atoms with E-state index in [-0.39, 0.29) is 11.4 Å². The van der Waals surface area contributed by atoms with Crippen LogP contribution in [0.1, 0.15) is 33.1 Å². The first-order valence-electron chi connectivity index (χ1n) is 5.61. The maximum atomic E-state index is 11.2. The Morgan fingerprint density at radius 1 is 1.36 bits per heavy atom. The summed E-state index contributed by atoms with van der Waals surface area (Å²) in [6, 6.07) is 0. The van der Waals surface area contributed by atoms with E-state index in [9.17, 15) is 4.79 Å². The zero-order chi connectivity index (χ0) is 10.2. The molecule has 0 spiro atoms. The average Bonchev–Trinajstić information content (AvgIpc) is 2.36. The lowest BCUT2D eigenvalue weighted by atomic mass is 9.79. The van der Waals surface area contributed by atoms with Crippen LogP contribution in [0.25, 0.3) is 0 Å². The molecule has 1 unspecified atom stereocenters. The highest BCUT2D eigenvalue weighted by Gasteiger charge is 2.40. The summed E-state index contributed by atoms with van der Waals surface area (Å²) < 4.78 is 0. The van der Waals surface area contributed by atoms with Gasteiger partial charge >= 0.3 is 0 Å². The highest BCUT2D eigenvalue weighted by Crippen LogP contribution is 2.34. The Morgan fingerprint density at radius 3 is 2.57 bits per heavy atom. The third kappa shape index (κ3) is 1.78. The maximum absolute atomic E-state index is 11.2. The van der Waals surface area contributed by atoms with Crippen LogP contribution in [0.2, 0.25) is 0 Å². The van der Waals surface area contributed by atoms with Gasteiger partial charge in [-0.3, -0.25) is 4.79 Å². The molecule has 3 heterocycles. The molecule has 80 valence electrons. The zero-order valence-electron chi connectivity index (χ0n) is 9.18. The first-order valence-corrected chi connectivity index (χ1v) is 5.61. The number of nitrogens with zero attached hydrogens (tertiary/aromatic N) is 1. The normalized spacial score (nSPS) is 41.9. The molecule has 14 heavy (non-hydrogen) atoms. The Balaban J connectivity index is 2.12. The predicted molar refractivity (Wildman–Crippen MR) is 56.0 cm³/mol. The Hall–Kier alpha value is -0.570. The van der Waals surface area contributed by atoms with Gasteiger partial charge in [0, 0.05) is 19.0 Å². The van der Waals surface area contributed by atoms with Crippen molar-refractivity contribution in [3.63, 3.8) is 0 Å². The van der Waals surface area contributed by atoms with Gasteiger partial charge in [-0.05, 0) is 45.2 Å². The Bertz CT molecular complexity index is 233. The number of nitrogens with one attached hydrogen (secondary N) is 1. The lowest BCUT2D eigenvalue weighted by Crippen LogP contribution is -2.50. The number of hydrogen-bond donors (Lipinski definition) is 1. The lowest BCUT2D eigenvalue weighted by molar-refractivity contribution is -0.121. The number of piperidine rings is 1. The SMILES string of the molecule is CC(=O)NC1(C)CCN2CCC1CC2. The van der Waals surface area contributed by atoms with E-state index in [0.29, 0.717) is 5.92 Å². The molecule has 0 aromatic carbocycles. The molecule has 0 saturated carbocycles. The van der Waals surface area contributed by atoms with Gasteiger partial charge in [-0.1, -0.05) is 0 Å². The number of carbonyl (C=O) groups is 1. The van der Waals surface area contributed by atoms with Crippen molar-refractivity contribution in [2.45, 2.75) is 38.6 Å². The van der Waals surface area contributed by atoms with Crippen LogP contribution in [0.3, 0.4) is 0 Å². The fourth-order valence-electron chi connectivity index (χ4n) is 2.95. The number of hydrogen-bond acceptors (Lipinski definition) is 2. The second kappa shape index (κ2) is 3.54. The van der Waals surface area contributed by atoms with E-state index in [1.54, 1.807) is 6.92 Å². The van der Waals surface area contributed by atoms with Gasteiger partial charge in [0.25, 0.3) is 0 Å². The van der Waals surface area contributed by atoms with Crippen LogP contribution in [-0.4, -0.2) is 36.0 Å². The zero-order valence-corrected chi connectivity index (χ0v) is 9.18. The molecule has 3 saturated heterocycles. The molecule has 3 aliphatic heterocycles. The van der Waals surface area contributed by atoms with Gasteiger partial charge in [0.05, 0.1) is 0 Å². The number of carbonyl (C=O) groups excluding carboxylic acids is 1. The summed E-state index contributed by atoms with van der Waals surface area (Å²) in [7, 11) is 0. The van der Waals surface area contributed by atoms with Crippen LogP contribution < -0.4 is 5.32 Å². The minimum absolute atomic E-state index is 0.0527. The summed E-state index contributed by atoms with van der Waals surface area (Å²) in [5.41, 5.74) is 0.0527. The van der Waals surface area contributed by atoms with Gasteiger partial charge in [-0.25, -0.2) is 0 Å². The summed E-state index contributed by atoms with van der Waals surface area (Å²) in [5, 5.41) is 3.16. The highest BCUT2D eigenvalue weighted by molar-refractivity contribution is 5.73. The fourth-order valence-corrected chi connectivity index (χ4v) is 2.95. The Labute approximate surface area is 85.8 Å². The van der Waals surface area contributed by atoms with E-state index in [1.165, 1.54) is 25.9 Å². The summed E-state index contributed by atoms with van der Waals surface area (Å²) in [6.45, 7) is 7.43. The summed E-state index contributed by atoms with van der Waals surface area (Å²) >= 11 is 0. The average molecular weight is 196 g/mol. The number of fused-ring (bicyclic) bond motifs is 4. The van der Waals surface area contributed by atoms with Gasteiger partial charge < -0.3 is 10.2 Å². The molecule has 3 nitrogen and oxygen atoms in total. The smallest absolute Gasteiger partial charge is 0.217 e. The number of amides is 1. The van der Waals surface area contributed by atoms with Crippen molar-refractivity contribution in [2.24, 2.45) is 5.92 Å². The highest BCUT2D eigenvalue weighted by atomic mass is 16.1. The predicted octanol–water partition coefficient (Wildman–Crippen LogP) is 0.997. The van der Waals surface area contributed by atoms with E-state index in [0.717, 1.165) is 13.0 Å². The molecule has 1 N–H and O–H groups in total. The van der Waals surface area contributed by atoms with Crippen LogP contribution in [-0.2, 0) is 4.79 Å². The van der Waals surface area contributed by atoms with Crippen molar-refractivity contribution in [1.29, 1.82) is 0 Å². The van der Waals surface area contributed by atoms with Gasteiger partial charge in [-0.15, -0.1) is 0 Å². The molecule has 0 aromatic heterocycles. The van der Waals surface area contributed by atoms with Gasteiger partial charge in [0.1, 0.15) is 0 Å². The van der Waals surface area contributed by atoms with Crippen LogP contribution in [0.4, 0.5) is 0 Å². The minimum atomic E-state index is 0.0527. The van der Waals surface area contributed by atoms with E-state index in [1.807, 2.05) is 0 Å². The van der Waals surface area contributed by atoms with E-state index in [2.05, 4.69) is 17.1 Å². The molecular weight excluding hydrogens is 176 g/mol. The maximum Gasteiger partial charge on any atom is 0.217 e. The van der Waals surface area contributed by atoms with Crippen molar-refractivity contribution in [1.82, 2.24) is 10.2 Å². The monoisotopic (exact) mass is 196 g/mol. The van der Waals surface area contributed by atoms with Gasteiger partial charge in [-0.2, -0.15) is 0 Å². The molecule has 3 fully saturated rings. The van der Waals surface area contributed by atoms with Crippen LogP contribution in [0, 0.1) is 5.92 Å². The topological polar surface area (TPSA) is 32.3 Å². The third-order valence-corrected chi connectivity index (χ3v) is 3.90. The van der Waals surface area contributed by atoms with Crippen molar-refractivity contribution >= 4 is 5.91 Å². The van der Waals surface area contributed by atoms with Crippen LogP contribution in [0.5, 0.6) is 0 Å². The van der Waals surface area contributed by atoms with E-state index >= 15 is 0 Å². The molecule has 3 aliphatic rings. The molecule has 2 bridgehead atoms. The Morgan fingerprint density at radius 2 is 2.00 bits per heavy atom. The first-order chi connectivity index (χ1) is 6.60. The summed E-state index contributed by atoms with van der Waals surface area (Å²) in [5.74, 6) is 0.804. The van der Waals surface area contributed by atoms with E-state index in [4.69, 9.17) is 0 Å². The first kappa shape index (κ1) is 9.97. The standard InChI is InChI=1S/C11H20N2O/c1-9(14)12-11(2)5-8-13-6-3-10(11)4-7-13/h10H,3-8H2,1-2H3,(H,12,14). The van der Waals surface area contributed by atoms with Gasteiger partial charge in [0.15, 0.2) is 0 Å². The molecule has 0 radical (unpaired) electrons. The quantitative estimate of drug-likeness (QED) is 0.678. The molecule has 1 atom stereocenters. The lowest BCUT2D eigenvalue weighted by Gasteiger charge is -2.37. The van der Waals surface area contributed by atoms with Crippen molar-refractivity contribution in [3.05, 3.63) is 0 Å². The van der Waals surface area contributed by atoms with Crippen LogP contribution in [0.15, 0.2) is 0 Å². The molecule has 3 heteroatoms. The minimum Gasteiger partial charge on any atom is -0.351 e. The van der Waals surface area contributed by atoms with Crippen molar-refractivity contribution in [3.8, 4) is 0 Å². The summed E-state index contributed by atoms with van der Waals surface area (Å²) in [4.78, 5) is 13.7. The van der Waals surface area contributed by atoms with Gasteiger partial charge in [0.2, 0.25) is 5.91 Å². The molecule has 0 aromatic rings. The molecule has 3 rings (SSSR count). The van der Waals surface area contributed by atoms with Crippen molar-refractivity contribution in [2.75, 3.05) is 19.6 Å². The summed E-state index contributed by atoms with van der Waals surface area (Å²) in [6.07, 6.45) is 3.60. The van der Waals surface area contributed by atoms with Crippen molar-refractivity contribution < 1.29 is 4.79 Å². The van der Waals surface area contributed by atoms with E-state index < -0.39 is 0 Å². The molecule has 0 aliphatic carbocycles. The molecule has 1 amide bonds. The second-order valence-corrected chi connectivity index (χ2v) is 4.96. The fraction of sp³-hybridized carbons (Fsp3) is 0.909.